The van der Waals surface area contributed by atoms with Crippen LogP contribution in [0.2, 0.25) is 0 Å². The number of hydrogen-bond donors (Lipinski definition) is 0. The molecular formula is C89H107F3N4O3. The summed E-state index contributed by atoms with van der Waals surface area (Å²) < 4.78 is 61.0. The Bertz CT molecular complexity index is 3750. The summed E-state index contributed by atoms with van der Waals surface area (Å²) >= 11 is 0. The Hall–Kier alpha value is -8.89. The van der Waals surface area contributed by atoms with Gasteiger partial charge in [-0.05, 0) is 195 Å². The van der Waals surface area contributed by atoms with E-state index in [1.807, 2.05) is 177 Å². The van der Waals surface area contributed by atoms with Crippen LogP contribution in [0.3, 0.4) is 0 Å². The third-order valence-electron chi connectivity index (χ3n) is 17.4. The minimum atomic E-state index is -0.195. The fraction of sp³-hybridized carbons (Fsp3) is 0.371. The minimum Gasteiger partial charge on any atom is -0.494 e. The number of rotatable bonds is 36. The van der Waals surface area contributed by atoms with E-state index in [1.165, 1.54) is 96.3 Å². The van der Waals surface area contributed by atoms with Crippen LogP contribution in [0, 0.1) is 17.5 Å². The lowest BCUT2D eigenvalue weighted by molar-refractivity contribution is 0.309. The number of halogens is 3. The van der Waals surface area contributed by atoms with Crippen LogP contribution in [-0.4, -0.2) is 39.8 Å². The predicted octanol–water partition coefficient (Wildman–Crippen LogP) is 25.8. The molecule has 0 saturated carbocycles. The third-order valence-corrected chi connectivity index (χ3v) is 17.4. The van der Waals surface area contributed by atoms with E-state index in [4.69, 9.17) is 14.2 Å². The molecule has 10 rings (SSSR count). The van der Waals surface area contributed by atoms with Crippen molar-refractivity contribution < 1.29 is 27.4 Å². The van der Waals surface area contributed by atoms with Crippen LogP contribution >= 0.6 is 0 Å². The highest BCUT2D eigenvalue weighted by molar-refractivity contribution is 5.70. The van der Waals surface area contributed by atoms with Gasteiger partial charge in [-0.3, -0.25) is 19.9 Å². The monoisotopic (exact) mass is 1340 g/mol. The molecule has 0 aliphatic carbocycles. The molecule has 0 amide bonds. The SMILES string of the molecule is CCCCCCCCc1ccc(-c2ccc(-c3ccc(OCC)cc3)cn2)c(F)c1.CCCCCCCCc1ccc(-c2ccc(-c3ccc(OCCC)cc3)cn2)c(F)c1.CCCCCCCCc1ccc(-c2ccc(-c3ccc(OCCCC)cc3)cn2)c(F)c1.c1ccncc1. The molecule has 10 heteroatoms. The van der Waals surface area contributed by atoms with E-state index in [-0.39, 0.29) is 17.5 Å². The molecule has 0 saturated heterocycles. The van der Waals surface area contributed by atoms with Gasteiger partial charge in [-0.1, -0.05) is 216 Å². The Kier molecular flexibility index (Phi) is 35.7. The highest BCUT2D eigenvalue weighted by Gasteiger charge is 2.13. The maximum atomic E-state index is 14.8. The second kappa shape index (κ2) is 45.6. The minimum absolute atomic E-state index is 0.192. The third kappa shape index (κ3) is 27.7. The zero-order valence-corrected chi connectivity index (χ0v) is 59.9. The van der Waals surface area contributed by atoms with E-state index in [9.17, 15) is 13.2 Å². The Morgan fingerprint density at radius 3 is 0.869 bits per heavy atom. The molecule has 0 spiro atoms. The van der Waals surface area contributed by atoms with Gasteiger partial charge in [-0.15, -0.1) is 0 Å². The van der Waals surface area contributed by atoms with E-state index >= 15 is 0 Å². The van der Waals surface area contributed by atoms with E-state index in [1.54, 1.807) is 43.0 Å². The molecule has 0 unspecified atom stereocenters. The first-order chi connectivity index (χ1) is 48.6. The first-order valence-electron chi connectivity index (χ1n) is 36.9. The normalized spacial score (nSPS) is 10.8. The van der Waals surface area contributed by atoms with E-state index < -0.39 is 0 Å². The number of aromatic nitrogens is 4. The lowest BCUT2D eigenvalue weighted by Gasteiger charge is -2.09. The summed E-state index contributed by atoms with van der Waals surface area (Å²) in [6.45, 7) is 15.0. The topological polar surface area (TPSA) is 79.2 Å². The smallest absolute Gasteiger partial charge is 0.132 e. The van der Waals surface area contributed by atoms with Crippen molar-refractivity contribution in [2.45, 2.75) is 196 Å². The number of ether oxygens (including phenoxy) is 3. The van der Waals surface area contributed by atoms with Gasteiger partial charge in [0, 0.05) is 64.4 Å². The second-order valence-electron chi connectivity index (χ2n) is 25.4. The number of hydrogen-bond acceptors (Lipinski definition) is 7. The van der Waals surface area contributed by atoms with Gasteiger partial charge in [0.25, 0.3) is 0 Å². The van der Waals surface area contributed by atoms with E-state index in [0.717, 1.165) is 138 Å². The number of pyridine rings is 4. The Morgan fingerprint density at radius 2 is 0.596 bits per heavy atom. The Morgan fingerprint density at radius 1 is 0.283 bits per heavy atom. The van der Waals surface area contributed by atoms with Gasteiger partial charge in [0.05, 0.1) is 36.9 Å². The maximum absolute atomic E-state index is 14.8. The molecule has 4 heterocycles. The summed E-state index contributed by atoms with van der Waals surface area (Å²) in [5.74, 6) is 2.03. The van der Waals surface area contributed by atoms with Crippen molar-refractivity contribution in [3.05, 3.63) is 247 Å². The van der Waals surface area contributed by atoms with Gasteiger partial charge in [0.2, 0.25) is 0 Å². The van der Waals surface area contributed by atoms with Gasteiger partial charge >= 0.3 is 0 Å². The van der Waals surface area contributed by atoms with Crippen LogP contribution in [0.25, 0.3) is 67.2 Å². The van der Waals surface area contributed by atoms with Crippen molar-refractivity contribution in [1.29, 1.82) is 0 Å². The molecule has 0 bridgehead atoms. The fourth-order valence-electron chi connectivity index (χ4n) is 11.5. The first kappa shape index (κ1) is 77.5. The van der Waals surface area contributed by atoms with Gasteiger partial charge in [-0.2, -0.15) is 0 Å². The largest absolute Gasteiger partial charge is 0.494 e. The molecule has 0 atom stereocenters. The van der Waals surface area contributed by atoms with Crippen molar-refractivity contribution >= 4 is 0 Å². The number of unbranched alkanes of at least 4 members (excludes halogenated alkanes) is 16. The molecule has 0 aliphatic heterocycles. The predicted molar refractivity (Wildman–Crippen MR) is 408 cm³/mol. The maximum Gasteiger partial charge on any atom is 0.132 e. The van der Waals surface area contributed by atoms with Crippen molar-refractivity contribution in [1.82, 2.24) is 19.9 Å². The zero-order valence-electron chi connectivity index (χ0n) is 59.9. The Balaban J connectivity index is 0.000000200. The average molecular weight is 1340 g/mol. The highest BCUT2D eigenvalue weighted by atomic mass is 19.1. The molecule has 7 nitrogen and oxygen atoms in total. The molecule has 10 aromatic rings. The average Bonchev–Trinajstić information content (AvgIpc) is 0.857. The molecule has 0 radical (unpaired) electrons. The molecular weight excluding hydrogens is 1230 g/mol. The highest BCUT2D eigenvalue weighted by Crippen LogP contribution is 2.31. The summed E-state index contributed by atoms with van der Waals surface area (Å²) in [7, 11) is 0. The summed E-state index contributed by atoms with van der Waals surface area (Å²) in [5, 5.41) is 0. The zero-order chi connectivity index (χ0) is 69.9. The van der Waals surface area contributed by atoms with Crippen LogP contribution in [0.1, 0.15) is 193 Å². The molecule has 4 aromatic heterocycles. The van der Waals surface area contributed by atoms with E-state index in [0.29, 0.717) is 40.4 Å². The summed E-state index contributed by atoms with van der Waals surface area (Å²) in [5.41, 5.74) is 13.1. The van der Waals surface area contributed by atoms with Crippen molar-refractivity contribution in [3.8, 4) is 84.4 Å². The quantitative estimate of drug-likeness (QED) is 0.0362. The van der Waals surface area contributed by atoms with Crippen molar-refractivity contribution in [3.63, 3.8) is 0 Å². The molecule has 6 aromatic carbocycles. The fourth-order valence-corrected chi connectivity index (χ4v) is 11.5. The molecule has 0 aliphatic rings. The Labute approximate surface area is 591 Å². The number of benzene rings is 6. The molecule has 522 valence electrons. The second-order valence-corrected chi connectivity index (χ2v) is 25.4. The van der Waals surface area contributed by atoms with Gasteiger partial charge in [0.1, 0.15) is 34.7 Å². The van der Waals surface area contributed by atoms with Crippen molar-refractivity contribution in [2.75, 3.05) is 19.8 Å². The van der Waals surface area contributed by atoms with Crippen LogP contribution in [-0.2, 0) is 19.3 Å². The van der Waals surface area contributed by atoms with Crippen LogP contribution < -0.4 is 14.2 Å². The lowest BCUT2D eigenvalue weighted by atomic mass is 10.0. The lowest BCUT2D eigenvalue weighted by Crippen LogP contribution is -1.96. The molecule has 0 fully saturated rings. The van der Waals surface area contributed by atoms with E-state index in [2.05, 4.69) is 54.6 Å². The van der Waals surface area contributed by atoms with Crippen LogP contribution in [0.4, 0.5) is 13.2 Å². The van der Waals surface area contributed by atoms with Crippen LogP contribution in [0.15, 0.2) is 213 Å². The van der Waals surface area contributed by atoms with Gasteiger partial charge in [-0.25, -0.2) is 13.2 Å². The first-order valence-corrected chi connectivity index (χ1v) is 36.9. The summed E-state index contributed by atoms with van der Waals surface area (Å²) in [6, 6.07) is 58.1. The molecule has 99 heavy (non-hydrogen) atoms. The van der Waals surface area contributed by atoms with Gasteiger partial charge in [0.15, 0.2) is 0 Å². The standard InChI is InChI=1S/C29H36FNO.C28H34FNO.C27H32FNO.C5H5N/c1-3-5-7-8-9-10-11-23-12-18-27(28(30)21-23)29-19-15-25(22-31-29)24-13-16-26(17-14-24)32-20-6-4-2;1-3-5-6-7-8-9-10-22-11-17-26(27(29)20-22)28-18-14-24(21-30-28)23-12-15-25(16-13-23)31-19-4-2;1-3-5-6-7-8-9-10-21-11-17-25(26(28)19-21)27-18-14-23(20-29-27)22-12-15-24(16-13-22)30-4-2;1-2-4-6-5-3-1/h12-19,21-22H,3-11,20H2,1-2H3;11-18,20-21H,3-10,19H2,1-2H3;11-20H,3-10H2,1-2H3;1-5H. The van der Waals surface area contributed by atoms with Gasteiger partial charge < -0.3 is 14.2 Å². The summed E-state index contributed by atoms with van der Waals surface area (Å²) in [4.78, 5) is 17.3. The number of nitrogens with zero attached hydrogens (tertiary/aromatic N) is 4. The van der Waals surface area contributed by atoms with Crippen LogP contribution in [0.5, 0.6) is 17.2 Å². The summed E-state index contributed by atoms with van der Waals surface area (Å²) in [6.07, 6.45) is 37.4. The van der Waals surface area contributed by atoms with Crippen molar-refractivity contribution in [2.24, 2.45) is 0 Å². The molecule has 0 N–H and O–H groups in total. The number of aryl methyl sites for hydroxylation is 3.